The van der Waals surface area contributed by atoms with Crippen LogP contribution >= 0.6 is 15.9 Å². The Morgan fingerprint density at radius 3 is 2.37 bits per heavy atom. The van der Waals surface area contributed by atoms with Crippen molar-refractivity contribution < 1.29 is 23.8 Å². The molecule has 2 aliphatic heterocycles. The number of rotatable bonds is 6. The summed E-state index contributed by atoms with van der Waals surface area (Å²) in [4.78, 5) is 30.0. The van der Waals surface area contributed by atoms with E-state index >= 15 is 0 Å². The standard InChI is InChI=1S/C30H25BrN2O5/c1-36-21-12-8-19(9-13-21)26-27(28(34)20-10-14-24(37-2)22(31)16-20)33-23-7-5-4-6-18(23)11-15-25(33)30(26,17-32)29(35)38-3/h4-16,25-27H,1-3H3/t25-,26-,27-,30-/m1/s1. The van der Waals surface area contributed by atoms with Crippen LogP contribution in [-0.2, 0) is 9.53 Å². The molecular weight excluding hydrogens is 548 g/mol. The molecule has 3 aromatic rings. The van der Waals surface area contributed by atoms with Gasteiger partial charge in [0.2, 0.25) is 0 Å². The minimum absolute atomic E-state index is 0.231. The summed E-state index contributed by atoms with van der Waals surface area (Å²) in [6.45, 7) is 0. The molecule has 0 saturated carbocycles. The first-order chi connectivity index (χ1) is 18.4. The molecule has 2 heterocycles. The Morgan fingerprint density at radius 1 is 1.00 bits per heavy atom. The van der Waals surface area contributed by atoms with Crippen molar-refractivity contribution in [3.8, 4) is 17.6 Å². The molecule has 1 fully saturated rings. The fraction of sp³-hybridized carbons (Fsp3) is 0.233. The Balaban J connectivity index is 1.79. The van der Waals surface area contributed by atoms with Gasteiger partial charge < -0.3 is 19.1 Å². The molecule has 7 nitrogen and oxygen atoms in total. The lowest BCUT2D eigenvalue weighted by molar-refractivity contribution is -0.150. The number of ether oxygens (including phenoxy) is 3. The van der Waals surface area contributed by atoms with Crippen molar-refractivity contribution in [1.29, 1.82) is 5.26 Å². The predicted molar refractivity (Wildman–Crippen MR) is 146 cm³/mol. The number of fused-ring (bicyclic) bond motifs is 3. The molecule has 0 aromatic heterocycles. The Bertz CT molecular complexity index is 1480. The molecule has 0 radical (unpaired) electrons. The van der Waals surface area contributed by atoms with Crippen LogP contribution in [0.15, 0.2) is 77.3 Å². The number of nitriles is 1. The summed E-state index contributed by atoms with van der Waals surface area (Å²) in [5, 5.41) is 10.7. The maximum Gasteiger partial charge on any atom is 0.329 e. The number of methoxy groups -OCH3 is 3. The van der Waals surface area contributed by atoms with E-state index in [0.717, 1.165) is 11.3 Å². The van der Waals surface area contributed by atoms with Crippen LogP contribution in [0.2, 0.25) is 0 Å². The number of esters is 1. The molecule has 0 unspecified atom stereocenters. The van der Waals surface area contributed by atoms with Crippen molar-refractivity contribution in [2.45, 2.75) is 18.0 Å². The largest absolute Gasteiger partial charge is 0.497 e. The highest BCUT2D eigenvalue weighted by Crippen LogP contribution is 2.56. The first-order valence-corrected chi connectivity index (χ1v) is 12.8. The first kappa shape index (κ1) is 25.6. The van der Waals surface area contributed by atoms with Crippen LogP contribution in [0.4, 0.5) is 5.69 Å². The van der Waals surface area contributed by atoms with Crippen molar-refractivity contribution in [3.63, 3.8) is 0 Å². The van der Waals surface area contributed by atoms with E-state index in [1.807, 2.05) is 41.3 Å². The molecule has 2 aliphatic rings. The van der Waals surface area contributed by atoms with Crippen LogP contribution in [0.3, 0.4) is 0 Å². The lowest BCUT2D eigenvalue weighted by atomic mass is 9.68. The van der Waals surface area contributed by atoms with Crippen molar-refractivity contribution in [2.75, 3.05) is 26.2 Å². The Hall–Kier alpha value is -4.09. The van der Waals surface area contributed by atoms with Crippen LogP contribution in [0, 0.1) is 16.7 Å². The fourth-order valence-corrected chi connectivity index (χ4v) is 6.25. The van der Waals surface area contributed by atoms with Gasteiger partial charge in [-0.1, -0.05) is 42.5 Å². The number of nitrogens with zero attached hydrogens (tertiary/aromatic N) is 2. The van der Waals surface area contributed by atoms with Gasteiger partial charge in [0.15, 0.2) is 11.2 Å². The monoisotopic (exact) mass is 572 g/mol. The molecule has 5 rings (SSSR count). The summed E-state index contributed by atoms with van der Waals surface area (Å²) in [7, 11) is 4.39. The highest BCUT2D eigenvalue weighted by atomic mass is 79.9. The van der Waals surface area contributed by atoms with Crippen molar-refractivity contribution in [3.05, 3.63) is 94.0 Å². The van der Waals surface area contributed by atoms with Gasteiger partial charge in [-0.25, -0.2) is 0 Å². The number of anilines is 1. The maximum atomic E-state index is 14.5. The van der Waals surface area contributed by atoms with Gasteiger partial charge in [-0.2, -0.15) is 5.26 Å². The molecule has 192 valence electrons. The van der Waals surface area contributed by atoms with Crippen LogP contribution in [0.25, 0.3) is 6.08 Å². The Morgan fingerprint density at radius 2 is 1.74 bits per heavy atom. The van der Waals surface area contributed by atoms with Crippen LogP contribution in [-0.4, -0.2) is 45.2 Å². The Kier molecular flexibility index (Phi) is 6.72. The highest BCUT2D eigenvalue weighted by Gasteiger charge is 2.67. The zero-order chi connectivity index (χ0) is 27.0. The average Bonchev–Trinajstić information content (AvgIpc) is 3.28. The van der Waals surface area contributed by atoms with E-state index in [0.29, 0.717) is 27.1 Å². The topological polar surface area (TPSA) is 88.9 Å². The zero-order valence-electron chi connectivity index (χ0n) is 21.1. The van der Waals surface area contributed by atoms with E-state index in [4.69, 9.17) is 14.2 Å². The van der Waals surface area contributed by atoms with Crippen molar-refractivity contribution in [2.24, 2.45) is 5.41 Å². The second-order valence-electron chi connectivity index (χ2n) is 9.15. The minimum atomic E-state index is -1.70. The van der Waals surface area contributed by atoms with Gasteiger partial charge in [-0.05, 0) is 63.5 Å². The zero-order valence-corrected chi connectivity index (χ0v) is 22.6. The number of para-hydroxylation sites is 1. The van der Waals surface area contributed by atoms with Crippen molar-refractivity contribution in [1.82, 2.24) is 0 Å². The number of halogens is 1. The predicted octanol–water partition coefficient (Wildman–Crippen LogP) is 5.40. The van der Waals surface area contributed by atoms with E-state index < -0.39 is 29.4 Å². The summed E-state index contributed by atoms with van der Waals surface area (Å²) >= 11 is 3.48. The summed E-state index contributed by atoms with van der Waals surface area (Å²) in [6, 6.07) is 20.6. The molecule has 0 aliphatic carbocycles. The lowest BCUT2D eigenvalue weighted by Crippen LogP contribution is -2.46. The van der Waals surface area contributed by atoms with E-state index in [1.54, 1.807) is 56.7 Å². The van der Waals surface area contributed by atoms with Crippen LogP contribution in [0.5, 0.6) is 11.5 Å². The van der Waals surface area contributed by atoms with E-state index in [1.165, 1.54) is 7.11 Å². The number of hydrogen-bond acceptors (Lipinski definition) is 7. The molecule has 0 bridgehead atoms. The van der Waals surface area contributed by atoms with Crippen molar-refractivity contribution >= 4 is 39.4 Å². The van der Waals surface area contributed by atoms with Gasteiger partial charge in [0, 0.05) is 17.2 Å². The molecule has 8 heteroatoms. The summed E-state index contributed by atoms with van der Waals surface area (Å²) in [5.74, 6) is -0.557. The molecule has 38 heavy (non-hydrogen) atoms. The second-order valence-corrected chi connectivity index (χ2v) is 10.0. The van der Waals surface area contributed by atoms with Gasteiger partial charge >= 0.3 is 5.97 Å². The third kappa shape index (κ3) is 3.77. The van der Waals surface area contributed by atoms with E-state index in [9.17, 15) is 14.9 Å². The van der Waals surface area contributed by atoms with Gasteiger partial charge in [0.1, 0.15) is 17.5 Å². The number of carbonyl (C=O) groups excluding carboxylic acids is 2. The fourth-order valence-electron chi connectivity index (χ4n) is 5.71. The maximum absolute atomic E-state index is 14.5. The number of Topliss-reactive ketones (excluding diaryl/α,β-unsaturated/α-hetero) is 1. The van der Waals surface area contributed by atoms with Gasteiger partial charge in [0.05, 0.1) is 37.9 Å². The normalized spacial score (nSPS) is 23.1. The molecule has 3 aromatic carbocycles. The molecule has 1 saturated heterocycles. The summed E-state index contributed by atoms with van der Waals surface area (Å²) in [6.07, 6.45) is 3.73. The third-order valence-electron chi connectivity index (χ3n) is 7.43. The van der Waals surface area contributed by atoms with Gasteiger partial charge in [-0.15, -0.1) is 0 Å². The number of carbonyl (C=O) groups is 2. The molecule has 0 spiro atoms. The molecule has 0 N–H and O–H groups in total. The number of hydrogen-bond donors (Lipinski definition) is 0. The second kappa shape index (κ2) is 9.99. The van der Waals surface area contributed by atoms with E-state index in [2.05, 4.69) is 22.0 Å². The molecular formula is C30H25BrN2O5. The summed E-state index contributed by atoms with van der Waals surface area (Å²) < 4.78 is 16.6. The van der Waals surface area contributed by atoms with E-state index in [-0.39, 0.29) is 5.78 Å². The quantitative estimate of drug-likeness (QED) is 0.288. The average molecular weight is 573 g/mol. The summed E-state index contributed by atoms with van der Waals surface area (Å²) in [5.41, 5.74) is 1.04. The first-order valence-electron chi connectivity index (χ1n) is 12.0. The highest BCUT2D eigenvalue weighted by molar-refractivity contribution is 9.10. The number of ketones is 1. The van der Waals surface area contributed by atoms with Gasteiger partial charge in [0.25, 0.3) is 0 Å². The number of benzene rings is 3. The SMILES string of the molecule is COC(=O)[C@@]1(C#N)[C@H](c2ccc(OC)cc2)[C@H](C(=O)c2ccc(OC)c(Br)c2)N2c3ccccc3C=C[C@@H]21. The van der Waals surface area contributed by atoms with Gasteiger partial charge in [-0.3, -0.25) is 9.59 Å². The minimum Gasteiger partial charge on any atom is -0.497 e. The van der Waals surface area contributed by atoms with Crippen LogP contribution < -0.4 is 14.4 Å². The lowest BCUT2D eigenvalue weighted by Gasteiger charge is -2.36. The third-order valence-corrected chi connectivity index (χ3v) is 8.05. The van der Waals surface area contributed by atoms with Crippen LogP contribution in [0.1, 0.15) is 27.4 Å². The Labute approximate surface area is 229 Å². The molecule has 0 amide bonds. The smallest absolute Gasteiger partial charge is 0.329 e. The molecule has 4 atom stereocenters.